The molecule has 3 rings (SSSR count). The van der Waals surface area contributed by atoms with Gasteiger partial charge in [0.15, 0.2) is 5.79 Å². The van der Waals surface area contributed by atoms with Gasteiger partial charge in [-0.25, -0.2) is 0 Å². The zero-order valence-electron chi connectivity index (χ0n) is 14.1. The molecule has 0 spiro atoms. The largest absolute Gasteiger partial charge is 0.353 e. The van der Waals surface area contributed by atoms with Gasteiger partial charge in [-0.2, -0.15) is 10.5 Å². The Morgan fingerprint density at radius 3 is 2.35 bits per heavy atom. The minimum Gasteiger partial charge on any atom is -0.353 e. The van der Waals surface area contributed by atoms with Crippen LogP contribution in [0.1, 0.15) is 43.7 Å². The van der Waals surface area contributed by atoms with Crippen LogP contribution in [0.25, 0.3) is 0 Å². The maximum absolute atomic E-state index is 10.0. The Hall–Kier alpha value is -1.88. The molecule has 1 fully saturated rings. The van der Waals surface area contributed by atoms with E-state index in [1.807, 2.05) is 24.3 Å². The number of hydrogen-bond donors (Lipinski definition) is 0. The van der Waals surface area contributed by atoms with Crippen LogP contribution in [-0.2, 0) is 14.9 Å². The van der Waals surface area contributed by atoms with Crippen LogP contribution in [0.5, 0.6) is 0 Å². The summed E-state index contributed by atoms with van der Waals surface area (Å²) in [5.41, 5.74) is 0.891. The second kappa shape index (κ2) is 5.06. The standard InChI is InChI=1S/C19H22N2O2/c1-17(2)16-9-18(12-21,11-19(17,22-3)23-4)15-8-6-5-7-13(15)14(16)10-20/h5-8,14,16H,9,11H2,1-4H3/t14-,16-,18+/m1/s1. The smallest absolute Gasteiger partial charge is 0.174 e. The zero-order chi connectivity index (χ0) is 16.9. The number of ether oxygens (including phenoxy) is 2. The van der Waals surface area contributed by atoms with E-state index in [1.54, 1.807) is 14.2 Å². The van der Waals surface area contributed by atoms with Gasteiger partial charge in [0.2, 0.25) is 0 Å². The van der Waals surface area contributed by atoms with Gasteiger partial charge in [0.1, 0.15) is 0 Å². The van der Waals surface area contributed by atoms with Crippen molar-refractivity contribution in [2.24, 2.45) is 11.3 Å². The number of nitrogens with zero attached hydrogens (tertiary/aromatic N) is 2. The molecule has 0 radical (unpaired) electrons. The first-order valence-corrected chi connectivity index (χ1v) is 7.92. The van der Waals surface area contributed by atoms with Gasteiger partial charge in [-0.3, -0.25) is 0 Å². The van der Waals surface area contributed by atoms with E-state index < -0.39 is 11.2 Å². The lowest BCUT2D eigenvalue weighted by atomic mass is 9.47. The second-order valence-corrected chi connectivity index (χ2v) is 7.26. The van der Waals surface area contributed by atoms with Crippen LogP contribution >= 0.6 is 0 Å². The fraction of sp³-hybridized carbons (Fsp3) is 0.579. The Morgan fingerprint density at radius 2 is 1.78 bits per heavy atom. The van der Waals surface area contributed by atoms with E-state index in [-0.39, 0.29) is 17.3 Å². The second-order valence-electron chi connectivity index (χ2n) is 7.26. The van der Waals surface area contributed by atoms with E-state index in [0.717, 1.165) is 11.1 Å². The van der Waals surface area contributed by atoms with Gasteiger partial charge in [-0.15, -0.1) is 0 Å². The zero-order valence-corrected chi connectivity index (χ0v) is 14.1. The van der Waals surface area contributed by atoms with Crippen LogP contribution in [0.4, 0.5) is 0 Å². The number of fused-ring (bicyclic) bond motifs is 4. The quantitative estimate of drug-likeness (QED) is 0.784. The van der Waals surface area contributed by atoms with Crippen molar-refractivity contribution in [3.63, 3.8) is 0 Å². The molecule has 0 heterocycles. The maximum Gasteiger partial charge on any atom is 0.174 e. The Bertz CT molecular complexity index is 709. The molecule has 2 aliphatic rings. The highest BCUT2D eigenvalue weighted by atomic mass is 16.7. The first kappa shape index (κ1) is 16.0. The van der Waals surface area contributed by atoms with E-state index in [1.165, 1.54) is 0 Å². The van der Waals surface area contributed by atoms with Crippen molar-refractivity contribution in [3.05, 3.63) is 35.4 Å². The van der Waals surface area contributed by atoms with Crippen molar-refractivity contribution in [1.29, 1.82) is 10.5 Å². The van der Waals surface area contributed by atoms with E-state index >= 15 is 0 Å². The highest BCUT2D eigenvalue weighted by Gasteiger charge is 2.65. The third kappa shape index (κ3) is 1.83. The number of rotatable bonds is 2. The highest BCUT2D eigenvalue weighted by Crippen LogP contribution is 2.63. The minimum atomic E-state index is -0.881. The normalized spacial score (nSPS) is 33.1. The molecule has 0 aliphatic heterocycles. The average Bonchev–Trinajstić information content (AvgIpc) is 2.58. The van der Waals surface area contributed by atoms with Crippen molar-refractivity contribution in [1.82, 2.24) is 0 Å². The third-order valence-corrected chi connectivity index (χ3v) is 6.24. The van der Waals surface area contributed by atoms with Crippen molar-refractivity contribution >= 4 is 0 Å². The average molecular weight is 310 g/mol. The molecule has 0 amide bonds. The molecule has 4 heteroatoms. The molecule has 0 unspecified atom stereocenters. The number of hydrogen-bond acceptors (Lipinski definition) is 4. The summed E-state index contributed by atoms with van der Waals surface area (Å²) in [5, 5.41) is 19.9. The molecular weight excluding hydrogens is 288 g/mol. The van der Waals surface area contributed by atoms with Crippen molar-refractivity contribution in [3.8, 4) is 12.1 Å². The summed E-state index contributed by atoms with van der Waals surface area (Å²) in [5.74, 6) is -1.14. The van der Waals surface area contributed by atoms with E-state index in [9.17, 15) is 10.5 Å². The van der Waals surface area contributed by atoms with Gasteiger partial charge in [0.25, 0.3) is 0 Å². The molecule has 0 aromatic heterocycles. The van der Waals surface area contributed by atoms with Crippen LogP contribution in [0, 0.1) is 34.0 Å². The van der Waals surface area contributed by atoms with E-state index in [0.29, 0.717) is 12.8 Å². The Morgan fingerprint density at radius 1 is 1.13 bits per heavy atom. The van der Waals surface area contributed by atoms with Crippen LogP contribution < -0.4 is 0 Å². The number of benzene rings is 1. The Balaban J connectivity index is 2.31. The molecule has 4 nitrogen and oxygen atoms in total. The molecule has 3 atom stereocenters. The first-order chi connectivity index (χ1) is 10.9. The summed E-state index contributed by atoms with van der Waals surface area (Å²) < 4.78 is 11.7. The molecule has 0 saturated heterocycles. The lowest BCUT2D eigenvalue weighted by Gasteiger charge is -2.60. The van der Waals surface area contributed by atoms with Gasteiger partial charge in [-0.1, -0.05) is 38.1 Å². The van der Waals surface area contributed by atoms with Crippen LogP contribution in [0.2, 0.25) is 0 Å². The molecule has 23 heavy (non-hydrogen) atoms. The lowest BCUT2D eigenvalue weighted by Crippen LogP contribution is -2.63. The molecule has 1 saturated carbocycles. The van der Waals surface area contributed by atoms with Crippen LogP contribution in [0.15, 0.2) is 24.3 Å². The maximum atomic E-state index is 10.0. The summed E-state index contributed by atoms with van der Waals surface area (Å²) in [6.45, 7) is 4.18. The molecule has 1 aromatic carbocycles. The van der Waals surface area contributed by atoms with Crippen molar-refractivity contribution in [2.75, 3.05) is 14.2 Å². The SMILES string of the molecule is COC1(OC)C[C@]2(C#N)C[C@H]([C@H](C#N)c3ccccc32)C1(C)C. The predicted octanol–water partition coefficient (Wildman–Crippen LogP) is 3.49. The molecule has 2 aliphatic carbocycles. The van der Waals surface area contributed by atoms with E-state index in [4.69, 9.17) is 9.47 Å². The summed E-state index contributed by atoms with van der Waals surface area (Å²) in [7, 11) is 3.26. The summed E-state index contributed by atoms with van der Waals surface area (Å²) >= 11 is 0. The topological polar surface area (TPSA) is 66.0 Å². The number of nitriles is 2. The van der Waals surface area contributed by atoms with Gasteiger partial charge in [0, 0.05) is 26.1 Å². The highest BCUT2D eigenvalue weighted by molar-refractivity contribution is 5.49. The summed E-state index contributed by atoms with van der Waals surface area (Å²) in [6.07, 6.45) is 1.14. The third-order valence-electron chi connectivity index (χ3n) is 6.24. The summed E-state index contributed by atoms with van der Waals surface area (Å²) in [4.78, 5) is 0. The molecule has 120 valence electrons. The fourth-order valence-electron chi connectivity index (χ4n) is 4.83. The van der Waals surface area contributed by atoms with Gasteiger partial charge < -0.3 is 9.47 Å². The molecule has 1 aromatic rings. The van der Waals surface area contributed by atoms with E-state index in [2.05, 4.69) is 26.0 Å². The van der Waals surface area contributed by atoms with Crippen LogP contribution in [-0.4, -0.2) is 20.0 Å². The van der Waals surface area contributed by atoms with Gasteiger partial charge in [0.05, 0.1) is 23.5 Å². The molecule has 2 bridgehead atoms. The van der Waals surface area contributed by atoms with Crippen LogP contribution in [0.3, 0.4) is 0 Å². The predicted molar refractivity (Wildman–Crippen MR) is 85.3 cm³/mol. The molecular formula is C19H22N2O2. The van der Waals surface area contributed by atoms with Crippen molar-refractivity contribution < 1.29 is 9.47 Å². The Kier molecular flexibility index (Phi) is 3.52. The van der Waals surface area contributed by atoms with Crippen molar-refractivity contribution in [2.45, 2.75) is 43.8 Å². The summed E-state index contributed by atoms with van der Waals surface area (Å²) in [6, 6.07) is 12.9. The van der Waals surface area contributed by atoms with Gasteiger partial charge >= 0.3 is 0 Å². The lowest BCUT2D eigenvalue weighted by molar-refractivity contribution is -0.308. The minimum absolute atomic E-state index is 0.00398. The first-order valence-electron chi connectivity index (χ1n) is 7.92. The molecule has 0 N–H and O–H groups in total. The van der Waals surface area contributed by atoms with Gasteiger partial charge in [-0.05, 0) is 23.5 Å². The fourth-order valence-corrected chi connectivity index (χ4v) is 4.83. The number of methoxy groups -OCH3 is 2. The Labute approximate surface area is 137 Å². The monoisotopic (exact) mass is 310 g/mol.